The molecule has 0 N–H and O–H groups in total. The molecule has 10 heteroatoms. The third-order valence-corrected chi connectivity index (χ3v) is 14.6. The number of para-hydroxylation sites is 2. The molecule has 73 heavy (non-hydrogen) atoms. The summed E-state index contributed by atoms with van der Waals surface area (Å²) in [5.41, 5.74) is 18.0. The van der Waals surface area contributed by atoms with Gasteiger partial charge in [-0.1, -0.05) is 193 Å². The molecule has 9 aromatic carbocycles. The van der Waals surface area contributed by atoms with Crippen molar-refractivity contribution in [2.75, 3.05) is 4.90 Å². The van der Waals surface area contributed by atoms with E-state index in [1.54, 1.807) is 0 Å². The van der Waals surface area contributed by atoms with Crippen LogP contribution < -0.4 is 47.2 Å². The second kappa shape index (κ2) is 17.6. The molecule has 8 nitrogen and oxygen atoms in total. The summed E-state index contributed by atoms with van der Waals surface area (Å²) >= 11 is 0. The molecule has 0 spiro atoms. The van der Waals surface area contributed by atoms with Crippen LogP contribution in [-0.2, 0) is 9.47 Å². The van der Waals surface area contributed by atoms with Gasteiger partial charge >= 0.3 is 0 Å². The molecule has 10 aromatic rings. The van der Waals surface area contributed by atoms with E-state index in [0.717, 1.165) is 61.8 Å². The molecule has 0 bridgehead atoms. The smallest absolute Gasteiger partial charge is 0.246 e. The Morgan fingerprint density at radius 2 is 0.712 bits per heavy atom. The average Bonchev–Trinajstić information content (AvgIpc) is 4.37. The molecule has 0 saturated carbocycles. The largest absolute Gasteiger partial charge is 0.462 e. The van der Waals surface area contributed by atoms with Crippen molar-refractivity contribution in [3.8, 4) is 67.9 Å². The Labute approximate surface area is 425 Å². The highest BCUT2D eigenvalue weighted by Gasteiger charge is 2.44. The van der Waals surface area contributed by atoms with E-state index in [1.807, 2.05) is 74.5 Å². The highest BCUT2D eigenvalue weighted by Crippen LogP contribution is 2.39. The van der Waals surface area contributed by atoms with Gasteiger partial charge in [-0.15, -0.1) is 0 Å². The Morgan fingerprint density at radius 1 is 0.370 bits per heavy atom. The number of nitrogens with zero attached hydrogens (tertiary/aromatic N) is 4. The van der Waals surface area contributed by atoms with Crippen LogP contribution in [-0.4, -0.2) is 53.2 Å². The van der Waals surface area contributed by atoms with Crippen LogP contribution in [0.5, 0.6) is 11.5 Å². The minimum Gasteiger partial charge on any atom is -0.462 e. The van der Waals surface area contributed by atoms with E-state index in [-0.39, 0.29) is 38.2 Å². The Morgan fingerprint density at radius 3 is 1.10 bits per heavy atom. The van der Waals surface area contributed by atoms with Gasteiger partial charge in [0, 0.05) is 33.8 Å². The summed E-state index contributed by atoms with van der Waals surface area (Å²) in [6.07, 6.45) is -0.0873. The van der Waals surface area contributed by atoms with Gasteiger partial charge in [0.15, 0.2) is 17.5 Å². The number of fused-ring (bicyclic) bond motifs is 4. The predicted octanol–water partition coefficient (Wildman–Crippen LogP) is 9.58. The molecule has 0 radical (unpaired) electrons. The summed E-state index contributed by atoms with van der Waals surface area (Å²) in [7, 11) is 0. The Bertz CT molecular complexity index is 3460. The summed E-state index contributed by atoms with van der Waals surface area (Å²) in [4.78, 5) is 18.2. The van der Waals surface area contributed by atoms with E-state index >= 15 is 0 Å². The second-order valence-corrected chi connectivity index (χ2v) is 19.3. The van der Waals surface area contributed by atoms with E-state index in [1.165, 1.54) is 38.5 Å². The summed E-state index contributed by atoms with van der Waals surface area (Å²) in [6.45, 7) is 3.80. The Kier molecular flexibility index (Phi) is 10.4. The fourth-order valence-electron chi connectivity index (χ4n) is 10.8. The third-order valence-electron chi connectivity index (χ3n) is 14.6. The van der Waals surface area contributed by atoms with Gasteiger partial charge in [0.25, 0.3) is 0 Å². The highest BCUT2D eigenvalue weighted by atomic mass is 16.8. The first kappa shape index (κ1) is 43.2. The van der Waals surface area contributed by atoms with Crippen LogP contribution in [0, 0.1) is 0 Å². The van der Waals surface area contributed by atoms with E-state index in [2.05, 4.69) is 163 Å². The van der Waals surface area contributed by atoms with E-state index in [0.29, 0.717) is 17.5 Å². The third kappa shape index (κ3) is 7.96. The number of aromatic nitrogens is 3. The Hall–Kier alpha value is -8.56. The molecule has 0 amide bonds. The van der Waals surface area contributed by atoms with Crippen LogP contribution >= 0.6 is 0 Å². The van der Waals surface area contributed by atoms with Gasteiger partial charge in [-0.25, -0.2) is 15.0 Å². The standard InChI is InChI=1S/C63H46B2N4O4/c1-39-62(70-39)72-50-33-25-43(26-34-50)41-21-29-48(30-22-41)64-52-17-9-11-19-56(52)69-57-20-12-10-18-53(57)65(49-31-23-42(24-32-49)44-27-35-51(36-28-44)73-63-40(2)71-63)55-38-47(37-54(64)58(55)69)61-67-59(45-13-5-3-6-14-45)66-60(68-61)46-15-7-4-8-16-46/h3-40,62-63H,1-2H3. The van der Waals surface area contributed by atoms with Gasteiger partial charge in [-0.05, 0) is 94.4 Å². The molecule has 2 saturated heterocycles. The van der Waals surface area contributed by atoms with Crippen molar-refractivity contribution < 1.29 is 18.9 Å². The molecule has 4 unspecified atom stereocenters. The second-order valence-electron chi connectivity index (χ2n) is 19.3. The number of benzene rings is 9. The monoisotopic (exact) mass is 944 g/mol. The van der Waals surface area contributed by atoms with Crippen LogP contribution in [0.3, 0.4) is 0 Å². The highest BCUT2D eigenvalue weighted by molar-refractivity contribution is 7.02. The van der Waals surface area contributed by atoms with Crippen molar-refractivity contribution in [3.05, 3.63) is 218 Å². The van der Waals surface area contributed by atoms with Gasteiger partial charge < -0.3 is 23.8 Å². The van der Waals surface area contributed by atoms with Crippen molar-refractivity contribution in [2.45, 2.75) is 38.6 Å². The summed E-state index contributed by atoms with van der Waals surface area (Å²) in [5.74, 6) is 3.47. The zero-order valence-corrected chi connectivity index (χ0v) is 40.2. The molecule has 4 aliphatic rings. The van der Waals surface area contributed by atoms with Gasteiger partial charge in [-0.3, -0.25) is 0 Å². The maximum absolute atomic E-state index is 5.98. The molecular weight excluding hydrogens is 898 g/mol. The normalized spacial score (nSPS) is 17.8. The van der Waals surface area contributed by atoms with Gasteiger partial charge in [-0.2, -0.15) is 0 Å². The number of rotatable bonds is 11. The molecule has 0 aliphatic carbocycles. The molecule has 4 atom stereocenters. The first-order chi connectivity index (χ1) is 36.0. The molecule has 348 valence electrons. The van der Waals surface area contributed by atoms with Crippen molar-refractivity contribution in [2.24, 2.45) is 0 Å². The molecular formula is C63H46B2N4O4. The number of ether oxygens (including phenoxy) is 4. The fourth-order valence-corrected chi connectivity index (χ4v) is 10.8. The van der Waals surface area contributed by atoms with E-state index < -0.39 is 0 Å². The van der Waals surface area contributed by atoms with Crippen molar-refractivity contribution in [3.63, 3.8) is 0 Å². The molecule has 1 aromatic heterocycles. The van der Waals surface area contributed by atoms with Gasteiger partial charge in [0.2, 0.25) is 26.0 Å². The maximum atomic E-state index is 5.98. The van der Waals surface area contributed by atoms with Crippen LogP contribution in [0.2, 0.25) is 0 Å². The van der Waals surface area contributed by atoms with Gasteiger partial charge in [0.1, 0.15) is 23.7 Å². The summed E-state index contributed by atoms with van der Waals surface area (Å²) < 4.78 is 23.0. The van der Waals surface area contributed by atoms with Crippen LogP contribution in [0.15, 0.2) is 218 Å². The van der Waals surface area contributed by atoms with Crippen LogP contribution in [0.1, 0.15) is 13.8 Å². The number of hydrogen-bond acceptors (Lipinski definition) is 8. The Balaban J connectivity index is 0.945. The molecule has 5 heterocycles. The summed E-state index contributed by atoms with van der Waals surface area (Å²) in [6, 6.07) is 77.6. The fraction of sp³-hybridized carbons (Fsp3) is 0.0952. The molecule has 14 rings (SSSR count). The quantitative estimate of drug-likeness (QED) is 0.0938. The topological polar surface area (TPSA) is 85.4 Å². The molecule has 2 fully saturated rings. The average molecular weight is 945 g/mol. The molecule has 4 aliphatic heterocycles. The van der Waals surface area contributed by atoms with Crippen molar-refractivity contribution in [1.29, 1.82) is 0 Å². The van der Waals surface area contributed by atoms with E-state index in [4.69, 9.17) is 33.9 Å². The lowest BCUT2D eigenvalue weighted by Crippen LogP contribution is -2.65. The number of epoxide rings is 2. The van der Waals surface area contributed by atoms with Gasteiger partial charge in [0.05, 0.1) is 0 Å². The summed E-state index contributed by atoms with van der Waals surface area (Å²) in [5, 5.41) is 0. The zero-order valence-electron chi connectivity index (χ0n) is 40.2. The van der Waals surface area contributed by atoms with Crippen LogP contribution in [0.25, 0.3) is 56.4 Å². The minimum absolute atomic E-state index is 0.120. The minimum atomic E-state index is -0.170. The van der Waals surface area contributed by atoms with Crippen molar-refractivity contribution in [1.82, 2.24) is 15.0 Å². The lowest BCUT2D eigenvalue weighted by atomic mass is 9.30. The lowest BCUT2D eigenvalue weighted by molar-refractivity contribution is 0.178. The van der Waals surface area contributed by atoms with E-state index in [9.17, 15) is 0 Å². The zero-order chi connectivity index (χ0) is 48.6. The maximum Gasteiger partial charge on any atom is 0.246 e. The van der Waals surface area contributed by atoms with Crippen molar-refractivity contribution >= 4 is 63.3 Å². The first-order valence-corrected chi connectivity index (χ1v) is 25.1. The predicted molar refractivity (Wildman–Crippen MR) is 294 cm³/mol. The lowest BCUT2D eigenvalue weighted by Gasteiger charge is -2.44. The first-order valence-electron chi connectivity index (χ1n) is 25.1. The number of hydrogen-bond donors (Lipinski definition) is 0. The SMILES string of the molecule is CC1OC1Oc1ccc(-c2ccc(B3c4ccccc4N4c5ccccc5B(c5ccc(-c6ccc(OC7OC7C)cc6)cc5)c5cc(-c6nc(-c7ccccc7)nc(-c7ccccc7)n6)cc3c54)cc2)cc1. The van der Waals surface area contributed by atoms with Crippen LogP contribution in [0.4, 0.5) is 17.1 Å². The number of anilines is 3.